The molecule has 0 aliphatic carbocycles. The second kappa shape index (κ2) is 7.43. The number of aromatic nitrogens is 4. The molecule has 5 nitrogen and oxygen atoms in total. The van der Waals surface area contributed by atoms with Crippen LogP contribution in [0.15, 0.2) is 36.7 Å². The van der Waals surface area contributed by atoms with Crippen LogP contribution in [0.1, 0.15) is 41.5 Å². The summed E-state index contributed by atoms with van der Waals surface area (Å²) in [7, 11) is 0. The summed E-state index contributed by atoms with van der Waals surface area (Å²) in [5.74, 6) is 1.12. The summed E-state index contributed by atoms with van der Waals surface area (Å²) in [6, 6.07) is 5.44. The van der Waals surface area contributed by atoms with Crippen molar-refractivity contribution in [3.05, 3.63) is 59.4 Å². The van der Waals surface area contributed by atoms with Crippen LogP contribution in [0.3, 0.4) is 0 Å². The molecule has 2 N–H and O–H groups in total. The standard InChI is InChI=1S/C20H22F3N5/c1-13-9-24-18(26-13)12-28-7-3-5-15(11-28)19-17(10-25-27-19)14-4-2-6-16(8-14)20(21,22)23/h2,4,6,8-10,15H,3,5,7,11-12H2,1H3,(H,24,26)(H,25,27). The van der Waals surface area contributed by atoms with E-state index in [-0.39, 0.29) is 5.92 Å². The number of aromatic amines is 2. The molecule has 0 bridgehead atoms. The molecule has 0 radical (unpaired) electrons. The predicted molar refractivity (Wildman–Crippen MR) is 99.6 cm³/mol. The number of imidazole rings is 1. The van der Waals surface area contributed by atoms with Crippen LogP contribution >= 0.6 is 0 Å². The van der Waals surface area contributed by atoms with Crippen molar-refractivity contribution in [2.24, 2.45) is 0 Å². The zero-order valence-electron chi connectivity index (χ0n) is 15.6. The molecule has 0 spiro atoms. The molecule has 8 heteroatoms. The van der Waals surface area contributed by atoms with Crippen molar-refractivity contribution in [2.75, 3.05) is 13.1 Å². The molecule has 28 heavy (non-hydrogen) atoms. The van der Waals surface area contributed by atoms with E-state index in [0.717, 1.165) is 61.3 Å². The Morgan fingerprint density at radius 3 is 2.86 bits per heavy atom. The lowest BCUT2D eigenvalue weighted by molar-refractivity contribution is -0.137. The van der Waals surface area contributed by atoms with E-state index in [1.54, 1.807) is 12.3 Å². The average molecular weight is 389 g/mol. The van der Waals surface area contributed by atoms with Crippen molar-refractivity contribution < 1.29 is 13.2 Å². The zero-order valence-corrected chi connectivity index (χ0v) is 15.6. The first-order valence-electron chi connectivity index (χ1n) is 9.34. The molecule has 4 rings (SSSR count). The smallest absolute Gasteiger partial charge is 0.345 e. The van der Waals surface area contributed by atoms with E-state index in [1.165, 1.54) is 12.1 Å². The van der Waals surface area contributed by atoms with Gasteiger partial charge in [-0.05, 0) is 44.0 Å². The second-order valence-corrected chi connectivity index (χ2v) is 7.36. The van der Waals surface area contributed by atoms with Gasteiger partial charge in [0, 0.05) is 35.6 Å². The number of alkyl halides is 3. The maximum atomic E-state index is 13.1. The number of benzene rings is 1. The molecular formula is C20H22F3N5. The Hall–Kier alpha value is -2.61. The Balaban J connectivity index is 1.55. The van der Waals surface area contributed by atoms with Gasteiger partial charge in [0.2, 0.25) is 0 Å². The normalized spacial score (nSPS) is 18.5. The van der Waals surface area contributed by atoms with Gasteiger partial charge in [0.1, 0.15) is 5.82 Å². The van der Waals surface area contributed by atoms with Crippen molar-refractivity contribution in [2.45, 2.75) is 38.4 Å². The quantitative estimate of drug-likeness (QED) is 0.690. The van der Waals surface area contributed by atoms with Gasteiger partial charge in [-0.2, -0.15) is 18.3 Å². The minimum Gasteiger partial charge on any atom is -0.345 e. The van der Waals surface area contributed by atoms with Crippen molar-refractivity contribution in [3.63, 3.8) is 0 Å². The maximum Gasteiger partial charge on any atom is 0.416 e. The summed E-state index contributed by atoms with van der Waals surface area (Å²) in [6.07, 6.45) is 1.08. The minimum atomic E-state index is -4.36. The largest absolute Gasteiger partial charge is 0.416 e. The SMILES string of the molecule is Cc1cnc(CN2CCCC(c3[nH]ncc3-c3cccc(C(F)(F)F)c3)C2)[nH]1. The number of aryl methyl sites for hydroxylation is 1. The molecule has 1 aromatic carbocycles. The molecule has 3 heterocycles. The number of H-pyrrole nitrogens is 2. The molecule has 0 amide bonds. The van der Waals surface area contributed by atoms with Crippen molar-refractivity contribution in [1.29, 1.82) is 0 Å². The van der Waals surface area contributed by atoms with Crippen LogP contribution in [0.2, 0.25) is 0 Å². The summed E-state index contributed by atoms with van der Waals surface area (Å²) in [4.78, 5) is 9.95. The monoisotopic (exact) mass is 389 g/mol. The molecule has 1 fully saturated rings. The topological polar surface area (TPSA) is 60.6 Å². The average Bonchev–Trinajstić information content (AvgIpc) is 3.30. The predicted octanol–water partition coefficient (Wildman–Crippen LogP) is 4.51. The highest BCUT2D eigenvalue weighted by Gasteiger charge is 2.31. The third kappa shape index (κ3) is 3.96. The Kier molecular flexibility index (Phi) is 4.97. The fourth-order valence-electron chi connectivity index (χ4n) is 3.89. The minimum absolute atomic E-state index is 0.192. The summed E-state index contributed by atoms with van der Waals surface area (Å²) in [5, 5.41) is 7.17. The molecule has 1 aliphatic heterocycles. The van der Waals surface area contributed by atoms with Crippen LogP contribution in [-0.4, -0.2) is 38.2 Å². The lowest BCUT2D eigenvalue weighted by Crippen LogP contribution is -2.34. The van der Waals surface area contributed by atoms with E-state index in [2.05, 4.69) is 25.1 Å². The van der Waals surface area contributed by atoms with Crippen LogP contribution in [0.5, 0.6) is 0 Å². The number of hydrogen-bond donors (Lipinski definition) is 2. The van der Waals surface area contributed by atoms with Crippen molar-refractivity contribution in [3.8, 4) is 11.1 Å². The van der Waals surface area contributed by atoms with Gasteiger partial charge in [0.25, 0.3) is 0 Å². The lowest BCUT2D eigenvalue weighted by Gasteiger charge is -2.32. The van der Waals surface area contributed by atoms with Gasteiger partial charge >= 0.3 is 6.18 Å². The first-order valence-corrected chi connectivity index (χ1v) is 9.34. The fraction of sp³-hybridized carbons (Fsp3) is 0.400. The van der Waals surface area contributed by atoms with Crippen LogP contribution in [0.25, 0.3) is 11.1 Å². The summed E-state index contributed by atoms with van der Waals surface area (Å²) >= 11 is 0. The number of likely N-dealkylation sites (tertiary alicyclic amines) is 1. The van der Waals surface area contributed by atoms with Crippen LogP contribution in [-0.2, 0) is 12.7 Å². The number of nitrogens with one attached hydrogen (secondary N) is 2. The number of halogens is 3. The molecule has 1 atom stereocenters. The Labute approximate surface area is 161 Å². The van der Waals surface area contributed by atoms with Gasteiger partial charge in [-0.15, -0.1) is 0 Å². The van der Waals surface area contributed by atoms with E-state index >= 15 is 0 Å². The van der Waals surface area contributed by atoms with E-state index < -0.39 is 11.7 Å². The van der Waals surface area contributed by atoms with Gasteiger partial charge in [0.15, 0.2) is 0 Å². The molecule has 0 saturated carbocycles. The van der Waals surface area contributed by atoms with E-state index in [1.807, 2.05) is 13.1 Å². The third-order valence-corrected chi connectivity index (χ3v) is 5.21. The number of nitrogens with zero attached hydrogens (tertiary/aromatic N) is 3. The number of hydrogen-bond acceptors (Lipinski definition) is 3. The summed E-state index contributed by atoms with van der Waals surface area (Å²) in [6.45, 7) is 4.50. The van der Waals surface area contributed by atoms with E-state index in [4.69, 9.17) is 0 Å². The summed E-state index contributed by atoms with van der Waals surface area (Å²) in [5.41, 5.74) is 2.57. The maximum absolute atomic E-state index is 13.1. The van der Waals surface area contributed by atoms with Gasteiger partial charge < -0.3 is 4.98 Å². The van der Waals surface area contributed by atoms with Gasteiger partial charge in [-0.1, -0.05) is 12.1 Å². The Morgan fingerprint density at radius 1 is 1.25 bits per heavy atom. The first kappa shape index (κ1) is 18.7. The molecule has 2 aromatic heterocycles. The zero-order chi connectivity index (χ0) is 19.7. The molecule has 148 valence electrons. The Morgan fingerprint density at radius 2 is 2.11 bits per heavy atom. The van der Waals surface area contributed by atoms with Gasteiger partial charge in [0.05, 0.1) is 18.3 Å². The van der Waals surface area contributed by atoms with Crippen LogP contribution in [0, 0.1) is 6.92 Å². The molecule has 3 aromatic rings. The summed E-state index contributed by atoms with van der Waals surface area (Å²) < 4.78 is 39.3. The fourth-order valence-corrected chi connectivity index (χ4v) is 3.89. The lowest BCUT2D eigenvalue weighted by atomic mass is 9.90. The number of piperidine rings is 1. The number of rotatable bonds is 4. The van der Waals surface area contributed by atoms with Crippen LogP contribution < -0.4 is 0 Å². The highest BCUT2D eigenvalue weighted by Crippen LogP contribution is 2.36. The highest BCUT2D eigenvalue weighted by atomic mass is 19.4. The second-order valence-electron chi connectivity index (χ2n) is 7.36. The van der Waals surface area contributed by atoms with Crippen molar-refractivity contribution >= 4 is 0 Å². The molecular weight excluding hydrogens is 367 g/mol. The van der Waals surface area contributed by atoms with E-state index in [9.17, 15) is 13.2 Å². The van der Waals surface area contributed by atoms with Crippen molar-refractivity contribution in [1.82, 2.24) is 25.1 Å². The highest BCUT2D eigenvalue weighted by molar-refractivity contribution is 5.66. The van der Waals surface area contributed by atoms with Gasteiger partial charge in [-0.25, -0.2) is 4.98 Å². The Bertz CT molecular complexity index is 943. The van der Waals surface area contributed by atoms with Crippen LogP contribution in [0.4, 0.5) is 13.2 Å². The first-order chi connectivity index (χ1) is 13.4. The van der Waals surface area contributed by atoms with E-state index in [0.29, 0.717) is 5.56 Å². The molecule has 1 aliphatic rings. The molecule has 1 unspecified atom stereocenters. The third-order valence-electron chi connectivity index (χ3n) is 5.21. The molecule has 1 saturated heterocycles. The van der Waals surface area contributed by atoms with Gasteiger partial charge in [-0.3, -0.25) is 10.00 Å².